The topological polar surface area (TPSA) is 32.7 Å². The Morgan fingerprint density at radius 3 is 2.65 bits per heavy atom. The van der Waals surface area contributed by atoms with Crippen LogP contribution in [0.25, 0.3) is 0 Å². The van der Waals surface area contributed by atoms with Crippen molar-refractivity contribution < 1.29 is 9.84 Å². The van der Waals surface area contributed by atoms with Crippen LogP contribution in [-0.4, -0.2) is 42.9 Å². The van der Waals surface area contributed by atoms with E-state index < -0.39 is 0 Å². The molecule has 0 bridgehead atoms. The number of aliphatic hydroxyl groups is 1. The van der Waals surface area contributed by atoms with Crippen LogP contribution < -0.4 is 4.74 Å². The molecule has 20 heavy (non-hydrogen) atoms. The SMILES string of the molecule is CC(C)COc1ccc(CC2CN(C)CCC2O)cc1. The van der Waals surface area contributed by atoms with Crippen LogP contribution in [-0.2, 0) is 6.42 Å². The number of nitrogens with zero attached hydrogens (tertiary/aromatic N) is 1. The van der Waals surface area contributed by atoms with Gasteiger partial charge < -0.3 is 14.7 Å². The van der Waals surface area contributed by atoms with Gasteiger partial charge in [0, 0.05) is 19.0 Å². The Hall–Kier alpha value is -1.06. The van der Waals surface area contributed by atoms with Crippen LogP contribution in [0, 0.1) is 11.8 Å². The minimum absolute atomic E-state index is 0.164. The Bertz CT molecular complexity index is 402. The first kappa shape index (κ1) is 15.3. The molecule has 1 heterocycles. The zero-order chi connectivity index (χ0) is 14.5. The Morgan fingerprint density at radius 1 is 1.30 bits per heavy atom. The van der Waals surface area contributed by atoms with Crippen molar-refractivity contribution in [2.75, 3.05) is 26.7 Å². The second-order valence-corrected chi connectivity index (χ2v) is 6.43. The monoisotopic (exact) mass is 277 g/mol. The summed E-state index contributed by atoms with van der Waals surface area (Å²) in [6.07, 6.45) is 1.66. The molecule has 3 heteroatoms. The van der Waals surface area contributed by atoms with Crippen molar-refractivity contribution in [2.24, 2.45) is 11.8 Å². The maximum atomic E-state index is 10.1. The highest BCUT2D eigenvalue weighted by molar-refractivity contribution is 5.27. The Labute approximate surface area is 122 Å². The van der Waals surface area contributed by atoms with Crippen LogP contribution in [0.15, 0.2) is 24.3 Å². The lowest BCUT2D eigenvalue weighted by Gasteiger charge is -2.34. The zero-order valence-electron chi connectivity index (χ0n) is 12.9. The molecule has 2 atom stereocenters. The van der Waals surface area contributed by atoms with Crippen molar-refractivity contribution in [3.05, 3.63) is 29.8 Å². The highest BCUT2D eigenvalue weighted by atomic mass is 16.5. The van der Waals surface area contributed by atoms with Crippen molar-refractivity contribution in [1.82, 2.24) is 4.90 Å². The molecule has 2 rings (SSSR count). The molecular weight excluding hydrogens is 250 g/mol. The second kappa shape index (κ2) is 7.09. The van der Waals surface area contributed by atoms with Gasteiger partial charge in [-0.1, -0.05) is 26.0 Å². The normalized spacial score (nSPS) is 24.1. The smallest absolute Gasteiger partial charge is 0.119 e. The number of benzene rings is 1. The summed E-state index contributed by atoms with van der Waals surface area (Å²) in [4.78, 5) is 2.30. The molecule has 1 N–H and O–H groups in total. The molecule has 1 aliphatic rings. The summed E-state index contributed by atoms with van der Waals surface area (Å²) < 4.78 is 5.69. The Balaban J connectivity index is 1.89. The highest BCUT2D eigenvalue weighted by Crippen LogP contribution is 2.22. The predicted octanol–water partition coefficient (Wildman–Crippen LogP) is 2.58. The van der Waals surface area contributed by atoms with Gasteiger partial charge in [0.15, 0.2) is 0 Å². The maximum absolute atomic E-state index is 10.1. The summed E-state index contributed by atoms with van der Waals surface area (Å²) in [5.41, 5.74) is 1.28. The lowest BCUT2D eigenvalue weighted by atomic mass is 9.89. The molecule has 1 fully saturated rings. The molecule has 0 radical (unpaired) electrons. The second-order valence-electron chi connectivity index (χ2n) is 6.43. The molecule has 1 saturated heterocycles. The minimum atomic E-state index is -0.164. The molecule has 1 aromatic rings. The van der Waals surface area contributed by atoms with Crippen molar-refractivity contribution >= 4 is 0 Å². The fourth-order valence-electron chi connectivity index (χ4n) is 2.69. The van der Waals surface area contributed by atoms with Gasteiger partial charge in [-0.05, 0) is 43.5 Å². The lowest BCUT2D eigenvalue weighted by Crippen LogP contribution is -2.41. The molecule has 3 nitrogen and oxygen atoms in total. The fourth-order valence-corrected chi connectivity index (χ4v) is 2.69. The van der Waals surface area contributed by atoms with E-state index in [1.54, 1.807) is 0 Å². The van der Waals surface area contributed by atoms with Crippen LogP contribution in [0.1, 0.15) is 25.8 Å². The van der Waals surface area contributed by atoms with E-state index >= 15 is 0 Å². The van der Waals surface area contributed by atoms with E-state index in [-0.39, 0.29) is 6.10 Å². The molecule has 0 aliphatic carbocycles. The number of piperidine rings is 1. The van der Waals surface area contributed by atoms with E-state index in [1.807, 2.05) is 12.1 Å². The zero-order valence-corrected chi connectivity index (χ0v) is 12.9. The van der Waals surface area contributed by atoms with Gasteiger partial charge in [0.1, 0.15) is 5.75 Å². The van der Waals surface area contributed by atoms with Crippen LogP contribution >= 0.6 is 0 Å². The van der Waals surface area contributed by atoms with E-state index in [9.17, 15) is 5.11 Å². The van der Waals surface area contributed by atoms with Gasteiger partial charge in [0.25, 0.3) is 0 Å². The van der Waals surface area contributed by atoms with Crippen LogP contribution in [0.4, 0.5) is 0 Å². The summed E-state index contributed by atoms with van der Waals surface area (Å²) >= 11 is 0. The molecule has 0 spiro atoms. The molecule has 0 aromatic heterocycles. The fraction of sp³-hybridized carbons (Fsp3) is 0.647. The molecule has 0 saturated carbocycles. The van der Waals surface area contributed by atoms with Crippen LogP contribution in [0.5, 0.6) is 5.75 Å². The summed E-state index contributed by atoms with van der Waals surface area (Å²) in [6.45, 7) is 7.03. The summed E-state index contributed by atoms with van der Waals surface area (Å²) in [6, 6.07) is 8.32. The number of hydrogen-bond donors (Lipinski definition) is 1. The first-order chi connectivity index (χ1) is 9.54. The van der Waals surface area contributed by atoms with E-state index in [1.165, 1.54) is 5.56 Å². The third-order valence-corrected chi connectivity index (χ3v) is 3.90. The maximum Gasteiger partial charge on any atom is 0.119 e. The largest absolute Gasteiger partial charge is 0.493 e. The lowest BCUT2D eigenvalue weighted by molar-refractivity contribution is 0.0366. The van der Waals surface area contributed by atoms with Gasteiger partial charge in [0.05, 0.1) is 12.7 Å². The average molecular weight is 277 g/mol. The molecule has 0 amide bonds. The molecule has 112 valence electrons. The quantitative estimate of drug-likeness (QED) is 0.898. The number of hydrogen-bond acceptors (Lipinski definition) is 3. The third-order valence-electron chi connectivity index (χ3n) is 3.90. The van der Waals surface area contributed by atoms with Crippen molar-refractivity contribution in [1.29, 1.82) is 0 Å². The van der Waals surface area contributed by atoms with Crippen molar-refractivity contribution in [3.63, 3.8) is 0 Å². The molecule has 2 unspecified atom stereocenters. The van der Waals surface area contributed by atoms with Gasteiger partial charge in [-0.2, -0.15) is 0 Å². The van der Waals surface area contributed by atoms with E-state index in [0.717, 1.165) is 38.3 Å². The first-order valence-corrected chi connectivity index (χ1v) is 7.63. The standard InChI is InChI=1S/C17H27NO2/c1-13(2)12-20-16-6-4-14(5-7-16)10-15-11-18(3)9-8-17(15)19/h4-7,13,15,17,19H,8-12H2,1-3H3. The average Bonchev–Trinajstić information content (AvgIpc) is 2.42. The minimum Gasteiger partial charge on any atom is -0.493 e. The van der Waals surface area contributed by atoms with Crippen LogP contribution in [0.3, 0.4) is 0 Å². The van der Waals surface area contributed by atoms with E-state index in [4.69, 9.17) is 4.74 Å². The number of likely N-dealkylation sites (tertiary alicyclic amines) is 1. The van der Waals surface area contributed by atoms with Gasteiger partial charge in [-0.25, -0.2) is 0 Å². The van der Waals surface area contributed by atoms with E-state index in [2.05, 4.69) is 37.9 Å². The summed E-state index contributed by atoms with van der Waals surface area (Å²) in [7, 11) is 2.13. The van der Waals surface area contributed by atoms with Gasteiger partial charge >= 0.3 is 0 Å². The van der Waals surface area contributed by atoms with Crippen molar-refractivity contribution in [3.8, 4) is 5.75 Å². The summed E-state index contributed by atoms with van der Waals surface area (Å²) in [5, 5.41) is 10.1. The number of ether oxygens (including phenoxy) is 1. The predicted molar refractivity (Wildman–Crippen MR) is 82.1 cm³/mol. The first-order valence-electron chi connectivity index (χ1n) is 7.63. The molecule has 1 aromatic carbocycles. The van der Waals surface area contributed by atoms with Crippen LogP contribution in [0.2, 0.25) is 0 Å². The Kier molecular flexibility index (Phi) is 5.44. The molecule has 1 aliphatic heterocycles. The number of rotatable bonds is 5. The summed E-state index contributed by atoms with van der Waals surface area (Å²) in [5.74, 6) is 1.82. The van der Waals surface area contributed by atoms with Gasteiger partial charge in [0.2, 0.25) is 0 Å². The molecular formula is C17H27NO2. The van der Waals surface area contributed by atoms with Crippen molar-refractivity contribution in [2.45, 2.75) is 32.8 Å². The third kappa shape index (κ3) is 4.50. The highest BCUT2D eigenvalue weighted by Gasteiger charge is 2.25. The van der Waals surface area contributed by atoms with E-state index in [0.29, 0.717) is 11.8 Å². The Morgan fingerprint density at radius 2 is 2.00 bits per heavy atom. The number of aliphatic hydroxyl groups excluding tert-OH is 1. The van der Waals surface area contributed by atoms with Gasteiger partial charge in [-0.15, -0.1) is 0 Å². The van der Waals surface area contributed by atoms with Gasteiger partial charge in [-0.3, -0.25) is 0 Å².